The number of likely N-dealkylation sites (N-methyl/N-ethyl adjacent to an activating group) is 1. The quantitative estimate of drug-likeness (QED) is 0.924. The molecule has 1 heterocycles. The van der Waals surface area contributed by atoms with Crippen LogP contribution in [0.1, 0.15) is 36.6 Å². The fourth-order valence-corrected chi connectivity index (χ4v) is 4.15. The molecule has 0 radical (unpaired) electrons. The molecular weight excluding hydrogens is 284 g/mol. The van der Waals surface area contributed by atoms with Crippen LogP contribution in [0.25, 0.3) is 0 Å². The highest BCUT2D eigenvalue weighted by atomic mass is 79.9. The van der Waals surface area contributed by atoms with Crippen molar-refractivity contribution in [1.29, 1.82) is 0 Å². The first-order valence-electron chi connectivity index (χ1n) is 5.89. The Morgan fingerprint density at radius 1 is 1.50 bits per heavy atom. The van der Waals surface area contributed by atoms with Gasteiger partial charge < -0.3 is 5.73 Å². The second-order valence-electron chi connectivity index (χ2n) is 4.50. The molecular formula is C12H19BrN2S. The zero-order valence-corrected chi connectivity index (χ0v) is 12.1. The van der Waals surface area contributed by atoms with Gasteiger partial charge in [-0.1, -0.05) is 12.8 Å². The van der Waals surface area contributed by atoms with Crippen LogP contribution in [0.3, 0.4) is 0 Å². The SMILES string of the molecule is CN(C1CCCC1)C(CN)c1ccc(Br)s1. The highest BCUT2D eigenvalue weighted by Crippen LogP contribution is 2.33. The van der Waals surface area contributed by atoms with Gasteiger partial charge in [0.25, 0.3) is 0 Å². The molecule has 1 aromatic rings. The van der Waals surface area contributed by atoms with E-state index >= 15 is 0 Å². The summed E-state index contributed by atoms with van der Waals surface area (Å²) >= 11 is 5.32. The Labute approximate surface area is 110 Å². The van der Waals surface area contributed by atoms with Crippen LogP contribution >= 0.6 is 27.3 Å². The van der Waals surface area contributed by atoms with Crippen molar-refractivity contribution >= 4 is 27.3 Å². The normalized spacial score (nSPS) is 19.5. The molecule has 1 aromatic heterocycles. The first-order chi connectivity index (χ1) is 7.72. The van der Waals surface area contributed by atoms with E-state index in [-0.39, 0.29) is 0 Å². The van der Waals surface area contributed by atoms with Gasteiger partial charge in [-0.2, -0.15) is 0 Å². The van der Waals surface area contributed by atoms with E-state index < -0.39 is 0 Å². The van der Waals surface area contributed by atoms with Gasteiger partial charge in [0.05, 0.1) is 9.83 Å². The molecule has 0 aliphatic heterocycles. The van der Waals surface area contributed by atoms with Crippen LogP contribution in [-0.4, -0.2) is 24.5 Å². The smallest absolute Gasteiger partial charge is 0.0702 e. The molecule has 0 spiro atoms. The van der Waals surface area contributed by atoms with E-state index in [1.807, 2.05) is 0 Å². The highest BCUT2D eigenvalue weighted by Gasteiger charge is 2.26. The molecule has 1 saturated carbocycles. The lowest BCUT2D eigenvalue weighted by molar-refractivity contribution is 0.182. The molecule has 1 atom stereocenters. The monoisotopic (exact) mass is 302 g/mol. The summed E-state index contributed by atoms with van der Waals surface area (Å²) in [4.78, 5) is 3.86. The Bertz CT molecular complexity index is 334. The molecule has 0 bridgehead atoms. The minimum atomic E-state index is 0.388. The van der Waals surface area contributed by atoms with Gasteiger partial charge in [0, 0.05) is 17.5 Å². The van der Waals surface area contributed by atoms with Gasteiger partial charge in [-0.25, -0.2) is 0 Å². The Balaban J connectivity index is 2.09. The van der Waals surface area contributed by atoms with Crippen LogP contribution < -0.4 is 5.73 Å². The van der Waals surface area contributed by atoms with Crippen LogP contribution in [0.15, 0.2) is 15.9 Å². The molecule has 4 heteroatoms. The van der Waals surface area contributed by atoms with Gasteiger partial charge in [-0.3, -0.25) is 4.90 Å². The van der Waals surface area contributed by atoms with Gasteiger partial charge >= 0.3 is 0 Å². The molecule has 1 unspecified atom stereocenters. The summed E-state index contributed by atoms with van der Waals surface area (Å²) in [5, 5.41) is 0. The van der Waals surface area contributed by atoms with Crippen molar-refractivity contribution in [3.8, 4) is 0 Å². The average Bonchev–Trinajstić information content (AvgIpc) is 2.90. The van der Waals surface area contributed by atoms with Gasteiger partial charge in [0.1, 0.15) is 0 Å². The lowest BCUT2D eigenvalue weighted by Gasteiger charge is -2.31. The van der Waals surface area contributed by atoms with E-state index in [2.05, 4.69) is 40.0 Å². The van der Waals surface area contributed by atoms with Gasteiger partial charge in [-0.15, -0.1) is 11.3 Å². The first kappa shape index (κ1) is 12.6. The maximum atomic E-state index is 5.93. The molecule has 0 aromatic carbocycles. The van der Waals surface area contributed by atoms with Crippen molar-refractivity contribution in [3.63, 3.8) is 0 Å². The van der Waals surface area contributed by atoms with E-state index in [0.717, 1.165) is 6.04 Å². The molecule has 90 valence electrons. The second-order valence-corrected chi connectivity index (χ2v) is 6.99. The summed E-state index contributed by atoms with van der Waals surface area (Å²) in [5.74, 6) is 0. The Morgan fingerprint density at radius 3 is 2.69 bits per heavy atom. The van der Waals surface area contributed by atoms with Crippen molar-refractivity contribution in [2.24, 2.45) is 5.73 Å². The summed E-state index contributed by atoms with van der Waals surface area (Å²) < 4.78 is 1.20. The number of thiophene rings is 1. The molecule has 2 nitrogen and oxygen atoms in total. The van der Waals surface area contributed by atoms with E-state index in [0.29, 0.717) is 12.6 Å². The molecule has 1 aliphatic carbocycles. The van der Waals surface area contributed by atoms with Crippen LogP contribution in [0.2, 0.25) is 0 Å². The largest absolute Gasteiger partial charge is 0.329 e. The fourth-order valence-electron chi connectivity index (χ4n) is 2.56. The fraction of sp³-hybridized carbons (Fsp3) is 0.667. The topological polar surface area (TPSA) is 29.3 Å². The highest BCUT2D eigenvalue weighted by molar-refractivity contribution is 9.11. The Morgan fingerprint density at radius 2 is 2.19 bits per heavy atom. The van der Waals surface area contributed by atoms with Gasteiger partial charge in [0.15, 0.2) is 0 Å². The molecule has 2 rings (SSSR count). The van der Waals surface area contributed by atoms with Crippen LogP contribution in [-0.2, 0) is 0 Å². The third-order valence-electron chi connectivity index (χ3n) is 3.54. The summed E-state index contributed by atoms with van der Waals surface area (Å²) in [6.45, 7) is 0.708. The number of rotatable bonds is 4. The molecule has 0 amide bonds. The van der Waals surface area contributed by atoms with Crippen molar-refractivity contribution in [3.05, 3.63) is 20.8 Å². The van der Waals surface area contributed by atoms with E-state index in [4.69, 9.17) is 5.73 Å². The van der Waals surface area contributed by atoms with E-state index in [9.17, 15) is 0 Å². The predicted octanol–water partition coefficient (Wildman–Crippen LogP) is 3.38. The van der Waals surface area contributed by atoms with E-state index in [1.165, 1.54) is 34.3 Å². The number of halogens is 1. The summed E-state index contributed by atoms with van der Waals surface area (Å²) in [7, 11) is 2.22. The maximum Gasteiger partial charge on any atom is 0.0702 e. The van der Waals surface area contributed by atoms with Crippen LogP contribution in [0.4, 0.5) is 0 Å². The maximum absolute atomic E-state index is 5.93. The van der Waals surface area contributed by atoms with Crippen LogP contribution in [0, 0.1) is 0 Å². The average molecular weight is 303 g/mol. The van der Waals surface area contributed by atoms with E-state index in [1.54, 1.807) is 11.3 Å². The third-order valence-corrected chi connectivity index (χ3v) is 5.26. The van der Waals surface area contributed by atoms with Crippen molar-refractivity contribution < 1.29 is 0 Å². The number of nitrogens with zero attached hydrogens (tertiary/aromatic N) is 1. The van der Waals surface area contributed by atoms with Crippen molar-refractivity contribution in [1.82, 2.24) is 4.90 Å². The summed E-state index contributed by atoms with van der Waals surface area (Å²) in [6, 6.07) is 5.43. The molecule has 16 heavy (non-hydrogen) atoms. The Hall–Kier alpha value is 0.1000. The van der Waals surface area contributed by atoms with Crippen LogP contribution in [0.5, 0.6) is 0 Å². The van der Waals surface area contributed by atoms with Gasteiger partial charge in [-0.05, 0) is 48.0 Å². The standard InChI is InChI=1S/C12H19BrN2S/c1-15(9-4-2-3-5-9)10(8-14)11-6-7-12(13)16-11/h6-7,9-10H,2-5,8,14H2,1H3. The molecule has 1 fully saturated rings. The molecule has 1 aliphatic rings. The minimum Gasteiger partial charge on any atom is -0.329 e. The molecule has 0 saturated heterocycles. The van der Waals surface area contributed by atoms with Crippen molar-refractivity contribution in [2.45, 2.75) is 37.8 Å². The lowest BCUT2D eigenvalue weighted by Crippen LogP contribution is -2.36. The number of hydrogen-bond acceptors (Lipinski definition) is 3. The molecule has 2 N–H and O–H groups in total. The number of hydrogen-bond donors (Lipinski definition) is 1. The minimum absolute atomic E-state index is 0.388. The van der Waals surface area contributed by atoms with Crippen molar-refractivity contribution in [2.75, 3.05) is 13.6 Å². The zero-order chi connectivity index (χ0) is 11.5. The second kappa shape index (κ2) is 5.63. The zero-order valence-electron chi connectivity index (χ0n) is 9.66. The Kier molecular flexibility index (Phi) is 4.41. The summed E-state index contributed by atoms with van der Waals surface area (Å²) in [5.41, 5.74) is 5.93. The summed E-state index contributed by atoms with van der Waals surface area (Å²) in [6.07, 6.45) is 5.42. The number of nitrogens with two attached hydrogens (primary N) is 1. The first-order valence-corrected chi connectivity index (χ1v) is 7.50. The third kappa shape index (κ3) is 2.67. The lowest BCUT2D eigenvalue weighted by atomic mass is 10.1. The predicted molar refractivity (Wildman–Crippen MR) is 73.8 cm³/mol. The van der Waals surface area contributed by atoms with Gasteiger partial charge in [0.2, 0.25) is 0 Å².